The van der Waals surface area contributed by atoms with Crippen molar-refractivity contribution in [3.63, 3.8) is 0 Å². The number of benzene rings is 7. The number of hydrogen-bond acceptors (Lipinski definition) is 13. The number of rotatable bonds is 23. The fourth-order valence-electron chi connectivity index (χ4n) is 21.4. The molecular weight excluding hydrogens is 1680 g/mol. The molecule has 3 unspecified atom stereocenters. The molecule has 0 radical (unpaired) electrons. The standard InChI is InChI=1S/C38H44N2O2S.C30H37N3O2.C22H28N2O2S.C8H9Br.CH5N.HI.H3N/c1-42-33-18-22-37(23-19-33)27-32-17-16-31(15-14-30-12-13-30)26-34(32)38(37)35(41)40(24-20-28-8-4-2-5-9-28)36(39-38)43-25-21-29-10-6-3-7-11-29;1-35-25-13-16-29(17-14-25)20-24-12-11-23(10-9-22-7-8-22)19-26(24)30(29)27(34)33(28(31)32-30)18-15-21-5-3-2-4-6-21;1-26-17-8-10-21(11-9-17)13-16-7-6-15(5-4-14-2-3-14)12-18(16)22(21)19(25)23-20(27)24-22;9-7-6-8-4-2-1-3-5-8;1-2;;/h2-11,16-17,26,30,33H,12-15,18-25,27H2,1H3;2-6,11-12,19,22,25H,7-10,13-18,20H2,1H3,(H2,31,32);6-7,12,14,17H,2-5,8-11,13H2,1H3,(H2,23,24,25,27);1-5H,6-7H2;2H2,1H3;1H;1H3. The first kappa shape index (κ1) is 89.1. The lowest BCUT2D eigenvalue weighted by molar-refractivity contribution is -0.139. The van der Waals surface area contributed by atoms with Crippen LogP contribution in [-0.2, 0) is 109 Å². The van der Waals surface area contributed by atoms with Crippen LogP contribution in [0.2, 0.25) is 0 Å². The Hall–Kier alpha value is -6.66. The number of ether oxygens (including phenoxy) is 3. The molecule has 118 heavy (non-hydrogen) atoms. The van der Waals surface area contributed by atoms with Gasteiger partial charge in [0.1, 0.15) is 0 Å². The smallest absolute Gasteiger partial charge is 0.262 e. The van der Waals surface area contributed by atoms with Gasteiger partial charge in [0.2, 0.25) is 0 Å². The SMILES string of the molecule is BrCCc1ccccc1.CN.COC1CCC2(CC1)Cc1ccc(CCC3CC3)cc1C21N=C(N)N(CCc2ccccc2)C1=O.COC1CCC2(CC1)Cc1ccc(CCC3CC3)cc1C21N=C(SCCc2ccccc2)N(CCc2ccccc2)C1=O.COC1CCC2(CC1)Cc1ccc(CCC3CC3)cc1C21NC(=S)NC1=O.I.N. The molecule has 19 heteroatoms. The van der Waals surface area contributed by atoms with E-state index < -0.39 is 16.6 Å². The number of nitrogens with zero attached hydrogens (tertiary/aromatic N) is 4. The number of aryl methyl sites for hydroxylation is 5. The van der Waals surface area contributed by atoms with Gasteiger partial charge in [-0.25, -0.2) is 9.98 Å². The number of alkyl halides is 1. The van der Waals surface area contributed by atoms with Crippen molar-refractivity contribution < 1.29 is 28.6 Å². The summed E-state index contributed by atoms with van der Waals surface area (Å²) in [5, 5.41) is 8.83. The number of guanidine groups is 1. The van der Waals surface area contributed by atoms with Crippen molar-refractivity contribution in [1.29, 1.82) is 0 Å². The molecule has 15 nitrogen and oxygen atoms in total. The number of thioether (sulfide) groups is 1. The Labute approximate surface area is 737 Å². The lowest BCUT2D eigenvalue weighted by Crippen LogP contribution is -2.56. The van der Waals surface area contributed by atoms with E-state index >= 15 is 4.79 Å². The number of halogens is 2. The normalized spacial score (nSPS) is 27.2. The molecule has 3 heterocycles. The highest BCUT2D eigenvalue weighted by Gasteiger charge is 2.69. The maximum atomic E-state index is 15.1. The predicted octanol–water partition coefficient (Wildman–Crippen LogP) is 18.9. The molecule has 6 saturated carbocycles. The largest absolute Gasteiger partial charge is 0.381 e. The second-order valence-corrected chi connectivity index (χ2v) is 37.7. The van der Waals surface area contributed by atoms with Crippen LogP contribution >= 0.6 is 63.9 Å². The minimum absolute atomic E-state index is 0. The molecule has 3 aliphatic heterocycles. The lowest BCUT2D eigenvalue weighted by atomic mass is 9.61. The van der Waals surface area contributed by atoms with Gasteiger partial charge in [0.05, 0.1) is 18.3 Å². The predicted molar refractivity (Wildman–Crippen MR) is 497 cm³/mol. The third kappa shape index (κ3) is 18.6. The van der Waals surface area contributed by atoms with Gasteiger partial charge in [0.25, 0.3) is 17.7 Å². The molecule has 6 spiro atoms. The fraction of sp³-hybridized carbons (Fsp3) is 0.515. The molecule has 9 N–H and O–H groups in total. The topological polar surface area (TPSA) is 221 Å². The zero-order chi connectivity index (χ0) is 80.5. The number of amides is 3. The molecular formula is C99H127BrIN9O6S2. The summed E-state index contributed by atoms with van der Waals surface area (Å²) < 4.78 is 17.1. The van der Waals surface area contributed by atoms with Crippen LogP contribution in [-0.4, -0.2) is 115 Å². The first-order valence-electron chi connectivity index (χ1n) is 43.7. The molecule has 7 fully saturated rings. The molecule has 630 valence electrons. The van der Waals surface area contributed by atoms with E-state index in [-0.39, 0.29) is 76.3 Å². The highest BCUT2D eigenvalue weighted by molar-refractivity contribution is 14.0. The van der Waals surface area contributed by atoms with Crippen molar-refractivity contribution in [1.82, 2.24) is 26.6 Å². The first-order chi connectivity index (χ1) is 56.6. The van der Waals surface area contributed by atoms with E-state index in [1.807, 2.05) is 31.4 Å². The maximum Gasteiger partial charge on any atom is 0.262 e. The number of amidine groups is 1. The van der Waals surface area contributed by atoms with Crippen LogP contribution in [0.15, 0.2) is 186 Å². The van der Waals surface area contributed by atoms with Gasteiger partial charge < -0.3 is 42.5 Å². The minimum atomic E-state index is -0.891. The average Bonchev–Trinajstić information content (AvgIpc) is 1.52. The Morgan fingerprint density at radius 1 is 0.458 bits per heavy atom. The first-order valence-corrected chi connectivity index (χ1v) is 46.3. The van der Waals surface area contributed by atoms with E-state index in [9.17, 15) is 9.59 Å². The van der Waals surface area contributed by atoms with Gasteiger partial charge in [-0.1, -0.05) is 242 Å². The van der Waals surface area contributed by atoms with Gasteiger partial charge in [0, 0.05) is 61.7 Å². The molecule has 19 rings (SSSR count). The van der Waals surface area contributed by atoms with Crippen molar-refractivity contribution >= 4 is 97.8 Å². The van der Waals surface area contributed by atoms with E-state index in [0.717, 1.165) is 181 Å². The molecule has 3 amide bonds. The number of nitrogens with one attached hydrogen (secondary N) is 2. The number of fused-ring (bicyclic) bond motifs is 9. The van der Waals surface area contributed by atoms with Crippen molar-refractivity contribution in [3.8, 4) is 0 Å². The highest BCUT2D eigenvalue weighted by Crippen LogP contribution is 2.65. The molecule has 7 aromatic carbocycles. The van der Waals surface area contributed by atoms with E-state index in [2.05, 4.69) is 189 Å². The Kier molecular flexibility index (Phi) is 30.0. The van der Waals surface area contributed by atoms with E-state index in [1.54, 1.807) is 30.9 Å². The summed E-state index contributed by atoms with van der Waals surface area (Å²) in [6.07, 6.45) is 34.3. The van der Waals surface area contributed by atoms with Crippen molar-refractivity contribution in [2.75, 3.05) is 52.5 Å². The second-order valence-electron chi connectivity index (χ2n) is 35.4. The molecule has 12 aliphatic rings. The van der Waals surface area contributed by atoms with Crippen LogP contribution in [0.4, 0.5) is 0 Å². The minimum Gasteiger partial charge on any atom is -0.381 e. The summed E-state index contributed by atoms with van der Waals surface area (Å²) >= 11 is 10.5. The summed E-state index contributed by atoms with van der Waals surface area (Å²) in [6, 6.07) is 62.8. The van der Waals surface area contributed by atoms with E-state index in [1.165, 1.54) is 132 Å². The molecule has 9 aliphatic carbocycles. The summed E-state index contributed by atoms with van der Waals surface area (Å²) in [5.41, 5.74) is 24.8. The number of methoxy groups -OCH3 is 3. The maximum absolute atomic E-state index is 15.1. The summed E-state index contributed by atoms with van der Waals surface area (Å²) in [4.78, 5) is 57.5. The average molecular weight is 1810 g/mol. The van der Waals surface area contributed by atoms with Gasteiger partial charge in [0.15, 0.2) is 32.9 Å². The second kappa shape index (κ2) is 39.7. The highest BCUT2D eigenvalue weighted by atomic mass is 127. The molecule has 1 saturated heterocycles. The Morgan fingerprint density at radius 2 is 0.814 bits per heavy atom. The zero-order valence-corrected chi connectivity index (χ0v) is 75.7. The van der Waals surface area contributed by atoms with Gasteiger partial charge in [-0.05, 0) is 270 Å². The van der Waals surface area contributed by atoms with Crippen LogP contribution in [0.5, 0.6) is 0 Å². The monoisotopic (exact) mass is 1810 g/mol. The van der Waals surface area contributed by atoms with Crippen molar-refractivity contribution in [3.05, 3.63) is 248 Å². The van der Waals surface area contributed by atoms with Crippen LogP contribution < -0.4 is 28.3 Å². The van der Waals surface area contributed by atoms with Gasteiger partial charge in [-0.3, -0.25) is 24.2 Å². The van der Waals surface area contributed by atoms with Crippen LogP contribution in [0.3, 0.4) is 0 Å². The van der Waals surface area contributed by atoms with Crippen LogP contribution in [0.25, 0.3) is 0 Å². The van der Waals surface area contributed by atoms with E-state index in [0.29, 0.717) is 30.3 Å². The Balaban J connectivity index is 0.000000146. The summed E-state index contributed by atoms with van der Waals surface area (Å²) in [7, 11) is 6.93. The number of carbonyl (C=O) groups is 3. The third-order valence-corrected chi connectivity index (χ3v) is 30.1. The number of thiocarbonyl (C=S) groups is 1. The quantitative estimate of drug-likeness (QED) is 0.0229. The Bertz CT molecular complexity index is 4620. The number of nitrogens with two attached hydrogens (primary N) is 2. The van der Waals surface area contributed by atoms with Gasteiger partial charge in [-0.15, -0.1) is 24.0 Å². The lowest BCUT2D eigenvalue weighted by Gasteiger charge is -2.46. The molecule has 0 aromatic heterocycles. The summed E-state index contributed by atoms with van der Waals surface area (Å²) in [6.45, 7) is 1.22. The molecule has 3 atom stereocenters. The third-order valence-electron chi connectivity index (χ3n) is 28.6. The summed E-state index contributed by atoms with van der Waals surface area (Å²) in [5.74, 6) is 4.33. The molecule has 7 aromatic rings. The van der Waals surface area contributed by atoms with E-state index in [4.69, 9.17) is 42.1 Å². The fourth-order valence-corrected chi connectivity index (χ4v) is 23.1. The van der Waals surface area contributed by atoms with Crippen molar-refractivity contribution in [2.45, 2.75) is 234 Å². The number of carbonyl (C=O) groups excluding carboxylic acids is 3. The number of hydrogen-bond donors (Lipinski definition) is 5. The molecule has 0 bridgehead atoms. The number of aliphatic imine (C=N–C) groups is 2. The van der Waals surface area contributed by atoms with Gasteiger partial charge in [-0.2, -0.15) is 0 Å². The van der Waals surface area contributed by atoms with Crippen LogP contribution in [0, 0.1) is 34.0 Å². The van der Waals surface area contributed by atoms with Crippen molar-refractivity contribution in [2.24, 2.45) is 55.5 Å². The Morgan fingerprint density at radius 3 is 1.20 bits per heavy atom. The van der Waals surface area contributed by atoms with Crippen LogP contribution in [0.1, 0.15) is 207 Å². The zero-order valence-electron chi connectivity index (χ0n) is 70.2. The van der Waals surface area contributed by atoms with Gasteiger partial charge >= 0.3 is 0 Å².